The maximum absolute atomic E-state index is 14.1. The summed E-state index contributed by atoms with van der Waals surface area (Å²) in [5.41, 5.74) is 0.663. The zero-order valence-electron chi connectivity index (χ0n) is 18.2. The summed E-state index contributed by atoms with van der Waals surface area (Å²) in [6.45, 7) is 1.49. The highest BCUT2D eigenvalue weighted by Crippen LogP contribution is 2.37. The minimum absolute atomic E-state index is 0.0509. The number of hydrogen-bond donors (Lipinski definition) is 3. The van der Waals surface area contributed by atoms with E-state index in [4.69, 9.17) is 0 Å². The van der Waals surface area contributed by atoms with Crippen molar-refractivity contribution in [3.8, 4) is 28.6 Å². The van der Waals surface area contributed by atoms with Crippen LogP contribution in [0, 0.1) is 12.7 Å². The first-order valence-electron chi connectivity index (χ1n) is 10.1. The SMILES string of the molecule is Cc1ccccc1-n1c(-c2cc(S(=O)(=O)N(C)Cc3ccccc3F)c(O)cc2O)n[nH]c1=O. The van der Waals surface area contributed by atoms with Gasteiger partial charge in [-0.2, -0.15) is 9.40 Å². The molecule has 1 heterocycles. The van der Waals surface area contributed by atoms with Gasteiger partial charge in [-0.05, 0) is 30.7 Å². The molecule has 0 unspecified atom stereocenters. The molecule has 0 saturated carbocycles. The van der Waals surface area contributed by atoms with E-state index in [2.05, 4.69) is 10.2 Å². The third-order valence-corrected chi connectivity index (χ3v) is 7.22. The van der Waals surface area contributed by atoms with Crippen LogP contribution in [0.25, 0.3) is 17.1 Å². The summed E-state index contributed by atoms with van der Waals surface area (Å²) < 4.78 is 42.6. The third-order valence-electron chi connectivity index (χ3n) is 5.39. The Labute approximate surface area is 194 Å². The molecule has 0 saturated heterocycles. The summed E-state index contributed by atoms with van der Waals surface area (Å²) in [7, 11) is -3.09. The molecule has 3 aromatic carbocycles. The van der Waals surface area contributed by atoms with Gasteiger partial charge in [0, 0.05) is 25.2 Å². The molecule has 0 fully saturated rings. The van der Waals surface area contributed by atoms with Gasteiger partial charge in [0.15, 0.2) is 5.82 Å². The van der Waals surface area contributed by atoms with Crippen molar-refractivity contribution in [3.05, 3.63) is 88.1 Å². The topological polar surface area (TPSA) is 129 Å². The summed E-state index contributed by atoms with van der Waals surface area (Å²) in [5, 5.41) is 27.1. The number of nitrogens with zero attached hydrogens (tertiary/aromatic N) is 3. The third kappa shape index (κ3) is 4.06. The number of aromatic amines is 1. The summed E-state index contributed by atoms with van der Waals surface area (Å²) in [5.74, 6) is -1.81. The van der Waals surface area contributed by atoms with Gasteiger partial charge < -0.3 is 10.2 Å². The lowest BCUT2D eigenvalue weighted by Gasteiger charge is -2.19. The fourth-order valence-corrected chi connectivity index (χ4v) is 4.81. The summed E-state index contributed by atoms with van der Waals surface area (Å²) >= 11 is 0. The number of aromatic hydroxyl groups is 2. The number of hydrogen-bond acceptors (Lipinski definition) is 6. The lowest BCUT2D eigenvalue weighted by molar-refractivity contribution is 0.427. The molecule has 0 spiro atoms. The molecule has 0 aliphatic rings. The Bertz CT molecular complexity index is 1550. The highest BCUT2D eigenvalue weighted by molar-refractivity contribution is 7.89. The van der Waals surface area contributed by atoms with Gasteiger partial charge in [0.2, 0.25) is 10.0 Å². The van der Waals surface area contributed by atoms with Crippen LogP contribution in [0.2, 0.25) is 0 Å². The minimum Gasteiger partial charge on any atom is -0.507 e. The van der Waals surface area contributed by atoms with E-state index in [1.807, 2.05) is 0 Å². The van der Waals surface area contributed by atoms with Crippen molar-refractivity contribution in [2.24, 2.45) is 0 Å². The average Bonchev–Trinajstić information content (AvgIpc) is 3.16. The van der Waals surface area contributed by atoms with E-state index in [1.165, 1.54) is 29.8 Å². The molecule has 0 bridgehead atoms. The normalized spacial score (nSPS) is 11.8. The molecule has 4 aromatic rings. The predicted molar refractivity (Wildman–Crippen MR) is 123 cm³/mol. The molecule has 11 heteroatoms. The lowest BCUT2D eigenvalue weighted by Crippen LogP contribution is -2.27. The van der Waals surface area contributed by atoms with Crippen molar-refractivity contribution in [1.29, 1.82) is 0 Å². The van der Waals surface area contributed by atoms with Gasteiger partial charge in [-0.25, -0.2) is 27.3 Å². The Morgan fingerprint density at radius 1 is 1.06 bits per heavy atom. The number of aryl methyl sites for hydroxylation is 1. The van der Waals surface area contributed by atoms with Gasteiger partial charge in [-0.1, -0.05) is 36.4 Å². The molecule has 0 aliphatic carbocycles. The van der Waals surface area contributed by atoms with Gasteiger partial charge in [-0.3, -0.25) is 0 Å². The van der Waals surface area contributed by atoms with Crippen molar-refractivity contribution in [2.75, 3.05) is 7.05 Å². The van der Waals surface area contributed by atoms with Crippen molar-refractivity contribution >= 4 is 10.0 Å². The highest BCUT2D eigenvalue weighted by Gasteiger charge is 2.28. The highest BCUT2D eigenvalue weighted by atomic mass is 32.2. The second kappa shape index (κ2) is 8.76. The molecular formula is C23H21FN4O5S. The number of nitrogens with one attached hydrogen (secondary N) is 1. The van der Waals surface area contributed by atoms with Crippen LogP contribution in [-0.4, -0.2) is 44.7 Å². The Balaban J connectivity index is 1.83. The maximum Gasteiger partial charge on any atom is 0.348 e. The fourth-order valence-electron chi connectivity index (χ4n) is 3.58. The van der Waals surface area contributed by atoms with Crippen LogP contribution in [0.15, 0.2) is 70.4 Å². The second-order valence-corrected chi connectivity index (χ2v) is 9.68. The number of H-pyrrole nitrogens is 1. The molecule has 34 heavy (non-hydrogen) atoms. The molecule has 1 aromatic heterocycles. The number of phenolic OH excluding ortho intramolecular Hbond substituents is 2. The van der Waals surface area contributed by atoms with Gasteiger partial charge in [0.25, 0.3) is 0 Å². The molecule has 176 valence electrons. The van der Waals surface area contributed by atoms with Crippen LogP contribution in [0.5, 0.6) is 11.5 Å². The van der Waals surface area contributed by atoms with Gasteiger partial charge in [0.1, 0.15) is 22.2 Å². The van der Waals surface area contributed by atoms with E-state index in [0.29, 0.717) is 5.69 Å². The smallest absolute Gasteiger partial charge is 0.348 e. The van der Waals surface area contributed by atoms with Crippen LogP contribution < -0.4 is 5.69 Å². The van der Waals surface area contributed by atoms with Crippen molar-refractivity contribution in [2.45, 2.75) is 18.4 Å². The lowest BCUT2D eigenvalue weighted by atomic mass is 10.1. The van der Waals surface area contributed by atoms with Crippen molar-refractivity contribution < 1.29 is 23.0 Å². The first-order valence-corrected chi connectivity index (χ1v) is 11.5. The van der Waals surface area contributed by atoms with Crippen LogP contribution >= 0.6 is 0 Å². The molecule has 4 rings (SSSR count). The van der Waals surface area contributed by atoms with Crippen molar-refractivity contribution in [3.63, 3.8) is 0 Å². The largest absolute Gasteiger partial charge is 0.507 e. The number of benzene rings is 3. The Morgan fingerprint density at radius 3 is 2.44 bits per heavy atom. The Morgan fingerprint density at radius 2 is 1.74 bits per heavy atom. The second-order valence-electron chi connectivity index (χ2n) is 7.66. The minimum atomic E-state index is -4.33. The van der Waals surface area contributed by atoms with Crippen LogP contribution in [0.4, 0.5) is 4.39 Å². The van der Waals surface area contributed by atoms with E-state index in [1.54, 1.807) is 37.3 Å². The van der Waals surface area contributed by atoms with E-state index < -0.39 is 37.9 Å². The summed E-state index contributed by atoms with van der Waals surface area (Å²) in [4.78, 5) is 12.0. The number of rotatable bonds is 6. The number of para-hydroxylation sites is 1. The van der Waals surface area contributed by atoms with Crippen LogP contribution in [0.1, 0.15) is 11.1 Å². The van der Waals surface area contributed by atoms with E-state index in [0.717, 1.165) is 22.0 Å². The monoisotopic (exact) mass is 484 g/mol. The molecule has 9 nitrogen and oxygen atoms in total. The number of halogens is 1. The Kier molecular flexibility index (Phi) is 5.98. The Hall–Kier alpha value is -3.96. The summed E-state index contributed by atoms with van der Waals surface area (Å²) in [6, 6.07) is 14.6. The first-order chi connectivity index (χ1) is 16.1. The standard InChI is InChI=1S/C23H21FN4O5S/c1-14-7-3-6-10-18(14)28-22(25-26-23(28)31)16-11-21(20(30)12-19(16)29)34(32,33)27(2)13-15-8-4-5-9-17(15)24/h3-12,29-30H,13H2,1-2H3,(H,26,31). The fraction of sp³-hybridized carbons (Fsp3) is 0.130. The maximum atomic E-state index is 14.1. The molecular weight excluding hydrogens is 463 g/mol. The molecule has 0 atom stereocenters. The number of sulfonamides is 1. The molecule has 0 amide bonds. The quantitative estimate of drug-likeness (QED) is 0.386. The van der Waals surface area contributed by atoms with Gasteiger partial charge in [-0.15, -0.1) is 0 Å². The zero-order chi connectivity index (χ0) is 24.6. The average molecular weight is 485 g/mol. The zero-order valence-corrected chi connectivity index (χ0v) is 19.0. The number of phenols is 2. The van der Waals surface area contributed by atoms with E-state index in [-0.39, 0.29) is 23.5 Å². The number of aromatic nitrogens is 3. The van der Waals surface area contributed by atoms with Crippen molar-refractivity contribution in [1.82, 2.24) is 19.1 Å². The first kappa shape index (κ1) is 23.2. The molecule has 0 aliphatic heterocycles. The van der Waals surface area contributed by atoms with E-state index in [9.17, 15) is 27.8 Å². The van der Waals surface area contributed by atoms with Gasteiger partial charge >= 0.3 is 5.69 Å². The molecule has 0 radical (unpaired) electrons. The van der Waals surface area contributed by atoms with Crippen LogP contribution in [-0.2, 0) is 16.6 Å². The predicted octanol–water partition coefficient (Wildman–Crippen LogP) is 2.91. The van der Waals surface area contributed by atoms with Gasteiger partial charge in [0.05, 0.1) is 11.3 Å². The summed E-state index contributed by atoms with van der Waals surface area (Å²) in [6.07, 6.45) is 0. The molecule has 3 N–H and O–H groups in total. The van der Waals surface area contributed by atoms with Crippen LogP contribution in [0.3, 0.4) is 0 Å². The van der Waals surface area contributed by atoms with E-state index >= 15 is 0 Å².